The Labute approximate surface area is 174 Å². The number of guanidine groups is 1. The Morgan fingerprint density at radius 2 is 1.96 bits per heavy atom. The van der Waals surface area contributed by atoms with Crippen LogP contribution in [0.5, 0.6) is 0 Å². The first kappa shape index (κ1) is 24.6. The maximum Gasteiger partial charge on any atom is 0.191 e. The average molecular weight is 482 g/mol. The quantitative estimate of drug-likeness (QED) is 0.303. The molecule has 2 N–H and O–H groups in total. The molecule has 0 aromatic carbocycles. The van der Waals surface area contributed by atoms with Crippen LogP contribution in [0, 0.1) is 0 Å². The van der Waals surface area contributed by atoms with Crippen LogP contribution in [0.2, 0.25) is 0 Å². The molecule has 0 aliphatic rings. The van der Waals surface area contributed by atoms with E-state index in [4.69, 9.17) is 4.74 Å². The summed E-state index contributed by atoms with van der Waals surface area (Å²) in [7, 11) is 1.73. The van der Waals surface area contributed by atoms with Crippen molar-refractivity contribution in [1.29, 1.82) is 0 Å². The van der Waals surface area contributed by atoms with E-state index in [9.17, 15) is 0 Å². The highest BCUT2D eigenvalue weighted by atomic mass is 127. The molecule has 146 valence electrons. The van der Waals surface area contributed by atoms with Gasteiger partial charge in [-0.2, -0.15) is 11.3 Å². The minimum Gasteiger partial charge on any atom is -0.377 e. The summed E-state index contributed by atoms with van der Waals surface area (Å²) in [5.74, 6) is 0.843. The van der Waals surface area contributed by atoms with Gasteiger partial charge in [0.05, 0.1) is 18.2 Å². The van der Waals surface area contributed by atoms with Crippen molar-refractivity contribution in [2.24, 2.45) is 4.99 Å². The molecule has 7 heteroatoms. The molecule has 25 heavy (non-hydrogen) atoms. The van der Waals surface area contributed by atoms with Crippen molar-refractivity contribution in [3.8, 4) is 0 Å². The minimum absolute atomic E-state index is 0. The van der Waals surface area contributed by atoms with Gasteiger partial charge in [0.1, 0.15) is 0 Å². The summed E-state index contributed by atoms with van der Waals surface area (Å²) >= 11 is 1.75. The van der Waals surface area contributed by atoms with Gasteiger partial charge in [0.2, 0.25) is 0 Å². The van der Waals surface area contributed by atoms with E-state index >= 15 is 0 Å². The molecule has 0 bridgehead atoms. The number of nitrogens with zero attached hydrogens (tertiary/aromatic N) is 2. The third-order valence-electron chi connectivity index (χ3n) is 4.16. The molecule has 0 amide bonds. The number of hydrogen-bond donors (Lipinski definition) is 2. The van der Waals surface area contributed by atoms with Gasteiger partial charge >= 0.3 is 0 Å². The lowest BCUT2D eigenvalue weighted by atomic mass is 10.1. The number of halogens is 1. The molecule has 0 spiro atoms. The number of aliphatic imine (C=N–C) groups is 1. The molecule has 1 aromatic heterocycles. The second-order valence-electron chi connectivity index (χ2n) is 6.33. The van der Waals surface area contributed by atoms with E-state index in [1.165, 1.54) is 5.56 Å². The summed E-state index contributed by atoms with van der Waals surface area (Å²) in [6.45, 7) is 14.9. The van der Waals surface area contributed by atoms with Crippen molar-refractivity contribution in [1.82, 2.24) is 15.5 Å². The van der Waals surface area contributed by atoms with Crippen LogP contribution >= 0.6 is 35.3 Å². The van der Waals surface area contributed by atoms with E-state index in [1.807, 2.05) is 13.8 Å². The molecule has 1 aromatic rings. The SMILES string of the molecule is CCNC(=NCC(C)(C)OC)NCC(c1ccsc1)N(CC)CC.I. The van der Waals surface area contributed by atoms with Crippen molar-refractivity contribution < 1.29 is 4.74 Å². The second kappa shape index (κ2) is 12.9. The number of hydrogen-bond acceptors (Lipinski definition) is 4. The van der Waals surface area contributed by atoms with Crippen LogP contribution < -0.4 is 10.6 Å². The summed E-state index contributed by atoms with van der Waals surface area (Å²) in [5, 5.41) is 11.2. The summed E-state index contributed by atoms with van der Waals surface area (Å²) < 4.78 is 5.45. The zero-order valence-electron chi connectivity index (χ0n) is 16.5. The third-order valence-corrected chi connectivity index (χ3v) is 4.86. The van der Waals surface area contributed by atoms with Gasteiger partial charge in [-0.05, 0) is 56.3 Å². The first-order valence-corrected chi connectivity index (χ1v) is 9.75. The van der Waals surface area contributed by atoms with E-state index in [2.05, 4.69) is 58.1 Å². The molecule has 0 saturated carbocycles. The fourth-order valence-corrected chi connectivity index (χ4v) is 3.16. The predicted molar refractivity (Wildman–Crippen MR) is 120 cm³/mol. The van der Waals surface area contributed by atoms with Crippen LogP contribution in [0.1, 0.15) is 46.2 Å². The number of ether oxygens (including phenoxy) is 1. The summed E-state index contributed by atoms with van der Waals surface area (Å²) in [5.41, 5.74) is 1.11. The number of methoxy groups -OCH3 is 1. The topological polar surface area (TPSA) is 48.9 Å². The number of thiophene rings is 1. The Morgan fingerprint density at radius 3 is 2.44 bits per heavy atom. The van der Waals surface area contributed by atoms with Gasteiger partial charge in [0, 0.05) is 20.2 Å². The highest BCUT2D eigenvalue weighted by Gasteiger charge is 2.19. The average Bonchev–Trinajstić information content (AvgIpc) is 3.10. The maximum absolute atomic E-state index is 5.45. The normalized spacial score (nSPS) is 13.5. The predicted octanol–water partition coefficient (Wildman–Crippen LogP) is 3.73. The highest BCUT2D eigenvalue weighted by Crippen LogP contribution is 2.22. The first-order chi connectivity index (χ1) is 11.5. The Kier molecular flexibility index (Phi) is 12.7. The lowest BCUT2D eigenvalue weighted by molar-refractivity contribution is 0.0310. The third kappa shape index (κ3) is 8.70. The van der Waals surface area contributed by atoms with Gasteiger partial charge in [-0.15, -0.1) is 24.0 Å². The van der Waals surface area contributed by atoms with Crippen LogP contribution in [0.25, 0.3) is 0 Å². The number of nitrogens with one attached hydrogen (secondary N) is 2. The lowest BCUT2D eigenvalue weighted by Crippen LogP contribution is -2.44. The summed E-state index contributed by atoms with van der Waals surface area (Å²) in [6, 6.07) is 2.57. The lowest BCUT2D eigenvalue weighted by Gasteiger charge is -2.30. The van der Waals surface area contributed by atoms with E-state index in [-0.39, 0.29) is 29.6 Å². The van der Waals surface area contributed by atoms with Crippen molar-refractivity contribution in [2.45, 2.75) is 46.3 Å². The molecular weight excluding hydrogens is 447 g/mol. The Morgan fingerprint density at radius 1 is 1.28 bits per heavy atom. The molecule has 0 fully saturated rings. The van der Waals surface area contributed by atoms with Gasteiger partial charge in [0.25, 0.3) is 0 Å². The summed E-state index contributed by atoms with van der Waals surface area (Å²) in [6.07, 6.45) is 0. The van der Waals surface area contributed by atoms with Crippen LogP contribution in [0.3, 0.4) is 0 Å². The van der Waals surface area contributed by atoms with Crippen molar-refractivity contribution in [3.05, 3.63) is 22.4 Å². The monoisotopic (exact) mass is 482 g/mol. The van der Waals surface area contributed by atoms with Gasteiger partial charge < -0.3 is 15.4 Å². The largest absolute Gasteiger partial charge is 0.377 e. The molecular formula is C18H35IN4OS. The first-order valence-electron chi connectivity index (χ1n) is 8.80. The smallest absolute Gasteiger partial charge is 0.191 e. The molecule has 0 aliphatic carbocycles. The Hall–Kier alpha value is -0.380. The molecule has 5 nitrogen and oxygen atoms in total. The van der Waals surface area contributed by atoms with Crippen LogP contribution in [-0.4, -0.2) is 56.3 Å². The second-order valence-corrected chi connectivity index (χ2v) is 7.11. The fraction of sp³-hybridized carbons (Fsp3) is 0.722. The van der Waals surface area contributed by atoms with Gasteiger partial charge in [-0.3, -0.25) is 9.89 Å². The van der Waals surface area contributed by atoms with Gasteiger partial charge in [-0.25, -0.2) is 0 Å². The molecule has 1 heterocycles. The van der Waals surface area contributed by atoms with Crippen molar-refractivity contribution in [3.63, 3.8) is 0 Å². The molecule has 1 atom stereocenters. The van der Waals surface area contributed by atoms with E-state index in [0.29, 0.717) is 12.6 Å². The van der Waals surface area contributed by atoms with Gasteiger partial charge in [0.15, 0.2) is 5.96 Å². The molecule has 1 unspecified atom stereocenters. The van der Waals surface area contributed by atoms with E-state index < -0.39 is 0 Å². The standard InChI is InChI=1S/C18H34N4OS.HI/c1-7-19-17(21-14-18(4,5)23-6)20-12-16(22(8-2)9-3)15-10-11-24-13-15;/h10-11,13,16H,7-9,12,14H2,1-6H3,(H2,19,20,21);1H. The van der Waals surface area contributed by atoms with Crippen LogP contribution in [0.15, 0.2) is 21.8 Å². The number of likely N-dealkylation sites (N-methyl/N-ethyl adjacent to an activating group) is 1. The van der Waals surface area contributed by atoms with E-state index in [1.54, 1.807) is 18.4 Å². The zero-order valence-corrected chi connectivity index (χ0v) is 19.6. The molecule has 0 radical (unpaired) electrons. The van der Waals surface area contributed by atoms with Crippen LogP contribution in [-0.2, 0) is 4.74 Å². The zero-order chi connectivity index (χ0) is 18.0. The van der Waals surface area contributed by atoms with Crippen molar-refractivity contribution in [2.75, 3.05) is 39.8 Å². The van der Waals surface area contributed by atoms with E-state index in [0.717, 1.165) is 32.1 Å². The fourth-order valence-electron chi connectivity index (χ4n) is 2.46. The summed E-state index contributed by atoms with van der Waals surface area (Å²) in [4.78, 5) is 7.14. The number of rotatable bonds is 10. The Balaban J connectivity index is 0.00000576. The highest BCUT2D eigenvalue weighted by molar-refractivity contribution is 14.0. The van der Waals surface area contributed by atoms with Crippen LogP contribution in [0.4, 0.5) is 0 Å². The Bertz CT molecular complexity index is 475. The molecule has 0 saturated heterocycles. The molecule has 0 aliphatic heterocycles. The minimum atomic E-state index is -0.256. The van der Waals surface area contributed by atoms with Gasteiger partial charge in [-0.1, -0.05) is 13.8 Å². The molecule has 1 rings (SSSR count). The van der Waals surface area contributed by atoms with Crippen molar-refractivity contribution >= 4 is 41.3 Å². The maximum atomic E-state index is 5.45.